The van der Waals surface area contributed by atoms with E-state index in [0.717, 1.165) is 49.3 Å². The quantitative estimate of drug-likeness (QED) is 0.334. The third kappa shape index (κ3) is 6.45. The van der Waals surface area contributed by atoms with Gasteiger partial charge in [-0.15, -0.1) is 0 Å². The van der Waals surface area contributed by atoms with E-state index in [1.54, 1.807) is 0 Å². The van der Waals surface area contributed by atoms with E-state index in [1.807, 2.05) is 0 Å². The van der Waals surface area contributed by atoms with Crippen LogP contribution in [0.25, 0.3) is 11.1 Å². The number of rotatable bonds is 9. The summed E-state index contributed by atoms with van der Waals surface area (Å²) < 4.78 is 48.1. The van der Waals surface area contributed by atoms with Gasteiger partial charge in [-0.05, 0) is 24.3 Å². The molecule has 6 nitrogen and oxygen atoms in total. The first-order valence-corrected chi connectivity index (χ1v) is 8.33. The number of carbonyl (C=O) groups is 2. The first kappa shape index (κ1) is 22.1. The third-order valence-corrected chi connectivity index (χ3v) is 3.39. The Bertz CT molecular complexity index is 929. The zero-order chi connectivity index (χ0) is 21.9. The number of carbonyl (C=O) groups excluding carboxylic acids is 2. The first-order valence-electron chi connectivity index (χ1n) is 8.33. The van der Waals surface area contributed by atoms with E-state index in [1.165, 1.54) is 24.3 Å². The van der Waals surface area contributed by atoms with Gasteiger partial charge in [-0.3, -0.25) is 0 Å². The van der Waals surface area contributed by atoms with Crippen molar-refractivity contribution in [3.05, 3.63) is 98.4 Å². The summed E-state index contributed by atoms with van der Waals surface area (Å²) in [5.74, 6) is -2.58. The van der Waals surface area contributed by atoms with Gasteiger partial charge in [0.05, 0.1) is 0 Å². The Morgan fingerprint density at radius 2 is 1.10 bits per heavy atom. The summed E-state index contributed by atoms with van der Waals surface area (Å²) in [6, 6.07) is 7.60. The molecule has 0 saturated carbocycles. The largest absolute Gasteiger partial charge is 0.462 e. The van der Waals surface area contributed by atoms with Crippen molar-refractivity contribution in [3.8, 4) is 22.6 Å². The highest BCUT2D eigenvalue weighted by Gasteiger charge is 2.12. The summed E-state index contributed by atoms with van der Waals surface area (Å²) >= 11 is 0. The molecule has 2 rings (SSSR count). The highest BCUT2D eigenvalue weighted by Crippen LogP contribution is 2.30. The normalized spacial score (nSPS) is 10.6. The highest BCUT2D eigenvalue weighted by atomic mass is 19.1. The Morgan fingerprint density at radius 1 is 0.700 bits per heavy atom. The summed E-state index contributed by atoms with van der Waals surface area (Å²) in [5, 5.41) is 0. The number of ether oxygens (including phenoxy) is 4. The van der Waals surface area contributed by atoms with Crippen molar-refractivity contribution in [2.24, 2.45) is 0 Å². The summed E-state index contributed by atoms with van der Waals surface area (Å²) in [6.45, 7) is 6.45. The zero-order valence-corrected chi connectivity index (χ0v) is 15.5. The minimum atomic E-state index is -0.729. The molecule has 0 aliphatic rings. The van der Waals surface area contributed by atoms with Gasteiger partial charge >= 0.3 is 11.9 Å². The van der Waals surface area contributed by atoms with Gasteiger partial charge in [0.2, 0.25) is 0 Å². The molecule has 2 aromatic rings. The molecule has 8 heteroatoms. The molecule has 0 spiro atoms. The molecular weight excluding hydrogens is 398 g/mol. The van der Waals surface area contributed by atoms with Crippen LogP contribution in [-0.4, -0.2) is 11.9 Å². The number of halogens is 2. The fourth-order valence-electron chi connectivity index (χ4n) is 2.07. The molecule has 0 bridgehead atoms. The van der Waals surface area contributed by atoms with Gasteiger partial charge in [0.1, 0.15) is 48.2 Å². The molecule has 0 aromatic heterocycles. The molecule has 0 radical (unpaired) electrons. The number of benzene rings is 2. The lowest BCUT2D eigenvalue weighted by atomic mass is 10.0. The Kier molecular flexibility index (Phi) is 8.07. The van der Waals surface area contributed by atoms with Crippen LogP contribution >= 0.6 is 0 Å². The Labute approximate surface area is 170 Å². The second-order valence-electron chi connectivity index (χ2n) is 5.35. The van der Waals surface area contributed by atoms with Crippen LogP contribution < -0.4 is 9.47 Å². The monoisotopic (exact) mass is 414 g/mol. The van der Waals surface area contributed by atoms with Crippen LogP contribution in [0.15, 0.2) is 86.8 Å². The van der Waals surface area contributed by atoms with Crippen molar-refractivity contribution in [2.75, 3.05) is 0 Å². The van der Waals surface area contributed by atoms with Gasteiger partial charge in [0.25, 0.3) is 0 Å². The maximum Gasteiger partial charge on any atom is 0.335 e. The third-order valence-electron chi connectivity index (χ3n) is 3.39. The smallest absolute Gasteiger partial charge is 0.335 e. The maximum atomic E-state index is 14.4. The molecule has 154 valence electrons. The summed E-state index contributed by atoms with van der Waals surface area (Å²) in [5.41, 5.74) is 0.00726. The van der Waals surface area contributed by atoms with Gasteiger partial charge in [0, 0.05) is 35.4 Å². The minimum absolute atomic E-state index is 0.00363. The van der Waals surface area contributed by atoms with Crippen LogP contribution in [0.3, 0.4) is 0 Å². The van der Waals surface area contributed by atoms with Crippen molar-refractivity contribution in [1.29, 1.82) is 0 Å². The Morgan fingerprint density at radius 3 is 1.43 bits per heavy atom. The van der Waals surface area contributed by atoms with Crippen molar-refractivity contribution in [3.63, 3.8) is 0 Å². The van der Waals surface area contributed by atoms with Crippen molar-refractivity contribution < 1.29 is 37.3 Å². The van der Waals surface area contributed by atoms with Crippen molar-refractivity contribution in [2.45, 2.75) is 0 Å². The number of esters is 2. The Balaban J connectivity index is 2.06. The van der Waals surface area contributed by atoms with E-state index in [4.69, 9.17) is 9.47 Å². The fraction of sp³-hybridized carbons (Fsp3) is 0. The Hall–Kier alpha value is -4.20. The molecule has 2 aromatic carbocycles. The van der Waals surface area contributed by atoms with Gasteiger partial charge in [-0.1, -0.05) is 13.2 Å². The molecule has 0 aliphatic carbocycles. The van der Waals surface area contributed by atoms with Crippen LogP contribution in [0.5, 0.6) is 11.5 Å². The second-order valence-corrected chi connectivity index (χ2v) is 5.35. The molecule has 0 N–H and O–H groups in total. The van der Waals surface area contributed by atoms with Crippen LogP contribution in [0, 0.1) is 11.6 Å². The van der Waals surface area contributed by atoms with E-state index in [-0.39, 0.29) is 22.6 Å². The topological polar surface area (TPSA) is 71.1 Å². The lowest BCUT2D eigenvalue weighted by Crippen LogP contribution is -1.94. The van der Waals surface area contributed by atoms with Gasteiger partial charge < -0.3 is 18.9 Å². The molecule has 0 fully saturated rings. The molecule has 0 amide bonds. The number of hydrogen-bond acceptors (Lipinski definition) is 6. The van der Waals surface area contributed by atoms with Crippen LogP contribution in [0.4, 0.5) is 8.78 Å². The lowest BCUT2D eigenvalue weighted by molar-refractivity contribution is -0.133. The van der Waals surface area contributed by atoms with Gasteiger partial charge in [-0.2, -0.15) is 0 Å². The average Bonchev–Trinajstić information content (AvgIpc) is 2.74. The average molecular weight is 414 g/mol. The van der Waals surface area contributed by atoms with Crippen LogP contribution in [-0.2, 0) is 19.1 Å². The molecule has 0 heterocycles. The molecular formula is C22H16F2O6. The maximum absolute atomic E-state index is 14.4. The summed E-state index contributed by atoms with van der Waals surface area (Å²) in [7, 11) is 0. The fourth-order valence-corrected chi connectivity index (χ4v) is 2.07. The predicted octanol–water partition coefficient (Wildman–Crippen LogP) is 4.79. The molecule has 0 saturated heterocycles. The van der Waals surface area contributed by atoms with E-state index >= 15 is 0 Å². The first-order chi connectivity index (χ1) is 14.4. The number of hydrogen-bond donors (Lipinski definition) is 0. The zero-order valence-electron chi connectivity index (χ0n) is 15.5. The molecule has 0 aliphatic heterocycles. The predicted molar refractivity (Wildman–Crippen MR) is 104 cm³/mol. The van der Waals surface area contributed by atoms with Crippen molar-refractivity contribution >= 4 is 11.9 Å². The lowest BCUT2D eigenvalue weighted by Gasteiger charge is -2.08. The standard InChI is InChI=1S/C22H16F2O6/c1-3-21(25)29-11-9-27-15-5-7-17(19(23)13-15)18-8-6-16(14-20(18)24)28-10-12-30-22(26)4-2/h3-14H,1-2H2. The molecule has 0 atom stereocenters. The SMILES string of the molecule is C=CC(=O)OC=COc1ccc(-c2ccc(OC=COC(=O)C=C)cc2F)c(F)c1. The van der Waals surface area contributed by atoms with E-state index in [9.17, 15) is 18.4 Å². The van der Waals surface area contributed by atoms with Crippen LogP contribution in [0.2, 0.25) is 0 Å². The molecule has 30 heavy (non-hydrogen) atoms. The van der Waals surface area contributed by atoms with Gasteiger partial charge in [0.15, 0.2) is 0 Å². The van der Waals surface area contributed by atoms with E-state index in [0.29, 0.717) is 0 Å². The summed E-state index contributed by atoms with van der Waals surface area (Å²) in [6.07, 6.45) is 5.97. The summed E-state index contributed by atoms with van der Waals surface area (Å²) in [4.78, 5) is 21.7. The van der Waals surface area contributed by atoms with E-state index < -0.39 is 23.6 Å². The van der Waals surface area contributed by atoms with Crippen LogP contribution in [0.1, 0.15) is 0 Å². The van der Waals surface area contributed by atoms with Crippen molar-refractivity contribution in [1.82, 2.24) is 0 Å². The van der Waals surface area contributed by atoms with E-state index in [2.05, 4.69) is 22.6 Å². The highest BCUT2D eigenvalue weighted by molar-refractivity contribution is 5.82. The van der Waals surface area contributed by atoms with Gasteiger partial charge in [-0.25, -0.2) is 18.4 Å². The second kappa shape index (κ2) is 11.0. The molecule has 0 unspecified atom stereocenters. The minimum Gasteiger partial charge on any atom is -0.462 e.